The van der Waals surface area contributed by atoms with Crippen molar-refractivity contribution in [1.82, 2.24) is 5.01 Å². The maximum atomic E-state index is 5.46. The van der Waals surface area contributed by atoms with Crippen molar-refractivity contribution in [2.24, 2.45) is 5.10 Å². The number of methoxy groups -OCH3 is 1. The van der Waals surface area contributed by atoms with E-state index in [4.69, 9.17) is 9.84 Å². The van der Waals surface area contributed by atoms with Crippen molar-refractivity contribution < 1.29 is 4.74 Å². The van der Waals surface area contributed by atoms with Crippen LogP contribution in [0.5, 0.6) is 0 Å². The van der Waals surface area contributed by atoms with Gasteiger partial charge in [-0.25, -0.2) is 0 Å². The van der Waals surface area contributed by atoms with Gasteiger partial charge in [0.05, 0.1) is 12.6 Å². The average Bonchev–Trinajstić information content (AvgIpc) is 3.20. The van der Waals surface area contributed by atoms with E-state index < -0.39 is 7.92 Å². The molecule has 0 unspecified atom stereocenters. The van der Waals surface area contributed by atoms with Crippen molar-refractivity contribution in [3.05, 3.63) is 60.7 Å². The molecule has 5 heteroatoms. The van der Waals surface area contributed by atoms with Gasteiger partial charge in [0, 0.05) is 33.4 Å². The molecule has 1 aliphatic rings. The number of rotatable bonds is 10. The SMILES string of the molecule is CCC/C(=N/N1CCC[C@H]1COC)[C@H](CC)P(c1ccccc1)c1ccccc1.[B]. The van der Waals surface area contributed by atoms with Crippen molar-refractivity contribution in [2.75, 3.05) is 20.3 Å². The van der Waals surface area contributed by atoms with Gasteiger partial charge in [-0.3, -0.25) is 5.01 Å². The summed E-state index contributed by atoms with van der Waals surface area (Å²) in [6.07, 6.45) is 5.69. The van der Waals surface area contributed by atoms with Crippen LogP contribution in [-0.4, -0.2) is 51.1 Å². The zero-order chi connectivity index (χ0) is 20.5. The Morgan fingerprint density at radius 1 is 1.07 bits per heavy atom. The fraction of sp³-hybridized carbons (Fsp3) is 0.480. The molecule has 2 aromatic carbocycles. The van der Waals surface area contributed by atoms with Gasteiger partial charge in [0.1, 0.15) is 0 Å². The zero-order valence-corrected chi connectivity index (χ0v) is 19.6. The standard InChI is InChI=1S/C25H35N2OP.B/c1-4-13-24(26-27-19-12-14-21(27)20-28-3)25(5-2)29(22-15-8-6-9-16-22)23-17-10-7-11-18-23;/h6-11,15-18,21,25H,4-5,12-14,19-20H2,1-3H3;/b26-24-;/t21-,25-;/m0./s1. The van der Waals surface area contributed by atoms with Crippen LogP contribution in [0.4, 0.5) is 0 Å². The molecule has 0 aliphatic carbocycles. The first-order chi connectivity index (χ1) is 14.3. The molecule has 2 aromatic rings. The molecule has 3 rings (SSSR count). The molecule has 0 bridgehead atoms. The zero-order valence-electron chi connectivity index (χ0n) is 18.7. The van der Waals surface area contributed by atoms with E-state index in [0.29, 0.717) is 11.7 Å². The third-order valence-electron chi connectivity index (χ3n) is 5.62. The van der Waals surface area contributed by atoms with Crippen LogP contribution in [0.3, 0.4) is 0 Å². The summed E-state index contributed by atoms with van der Waals surface area (Å²) in [5, 5.41) is 10.5. The number of hydrogen-bond donors (Lipinski definition) is 0. The summed E-state index contributed by atoms with van der Waals surface area (Å²) in [4.78, 5) is 0. The van der Waals surface area contributed by atoms with Crippen LogP contribution in [0.25, 0.3) is 0 Å². The molecule has 0 amide bonds. The Morgan fingerprint density at radius 3 is 2.17 bits per heavy atom. The predicted octanol–water partition coefficient (Wildman–Crippen LogP) is 4.78. The molecule has 1 saturated heterocycles. The molecule has 1 fully saturated rings. The highest BCUT2D eigenvalue weighted by molar-refractivity contribution is 7.74. The van der Waals surface area contributed by atoms with E-state index in [1.807, 2.05) is 0 Å². The molecule has 0 saturated carbocycles. The minimum absolute atomic E-state index is 0. The van der Waals surface area contributed by atoms with E-state index in [0.717, 1.165) is 32.4 Å². The molecule has 1 aliphatic heterocycles. The van der Waals surface area contributed by atoms with Gasteiger partial charge in [0.25, 0.3) is 0 Å². The highest BCUT2D eigenvalue weighted by Crippen LogP contribution is 2.43. The Kier molecular flexibility index (Phi) is 10.6. The summed E-state index contributed by atoms with van der Waals surface area (Å²) in [6.45, 7) is 6.41. The lowest BCUT2D eigenvalue weighted by molar-refractivity contribution is 0.117. The Hall–Kier alpha value is -1.64. The molecule has 2 atom stereocenters. The van der Waals surface area contributed by atoms with E-state index in [2.05, 4.69) is 79.5 Å². The summed E-state index contributed by atoms with van der Waals surface area (Å²) >= 11 is 0. The largest absolute Gasteiger partial charge is 0.382 e. The summed E-state index contributed by atoms with van der Waals surface area (Å²) in [5.74, 6) is 0. The summed E-state index contributed by atoms with van der Waals surface area (Å²) in [5.41, 5.74) is 1.83. The molecule has 3 radical (unpaired) electrons. The second-order valence-electron chi connectivity index (χ2n) is 7.72. The monoisotopic (exact) mass is 421 g/mol. The van der Waals surface area contributed by atoms with Gasteiger partial charge in [-0.1, -0.05) is 80.9 Å². The Balaban J connectivity index is 0.00000320. The number of ether oxygens (including phenoxy) is 1. The lowest BCUT2D eigenvalue weighted by Crippen LogP contribution is -2.34. The Morgan fingerprint density at radius 2 is 1.67 bits per heavy atom. The van der Waals surface area contributed by atoms with E-state index in [-0.39, 0.29) is 8.41 Å². The minimum Gasteiger partial charge on any atom is -0.382 e. The van der Waals surface area contributed by atoms with Crippen molar-refractivity contribution in [1.29, 1.82) is 0 Å². The van der Waals surface area contributed by atoms with Crippen molar-refractivity contribution in [3.8, 4) is 0 Å². The molecule has 0 N–H and O–H groups in total. The van der Waals surface area contributed by atoms with Gasteiger partial charge in [0.2, 0.25) is 0 Å². The van der Waals surface area contributed by atoms with Gasteiger partial charge < -0.3 is 4.74 Å². The maximum absolute atomic E-state index is 5.46. The smallest absolute Gasteiger partial charge is 0.0704 e. The fourth-order valence-electron chi connectivity index (χ4n) is 4.27. The normalized spacial score (nSPS) is 17.8. The lowest BCUT2D eigenvalue weighted by atomic mass is 10.1. The van der Waals surface area contributed by atoms with Gasteiger partial charge in [0.15, 0.2) is 0 Å². The van der Waals surface area contributed by atoms with Crippen molar-refractivity contribution in [3.63, 3.8) is 0 Å². The fourth-order valence-corrected chi connectivity index (χ4v) is 7.12. The maximum Gasteiger partial charge on any atom is 0.0704 e. The molecule has 1 heterocycles. The van der Waals surface area contributed by atoms with Crippen LogP contribution in [0.1, 0.15) is 46.0 Å². The van der Waals surface area contributed by atoms with Gasteiger partial charge in [-0.15, -0.1) is 0 Å². The van der Waals surface area contributed by atoms with Crippen LogP contribution >= 0.6 is 7.92 Å². The molecular weight excluding hydrogens is 386 g/mol. The number of nitrogens with zero attached hydrogens (tertiary/aromatic N) is 2. The van der Waals surface area contributed by atoms with Gasteiger partial charge in [-0.2, -0.15) is 5.10 Å². The van der Waals surface area contributed by atoms with Crippen LogP contribution in [0, 0.1) is 0 Å². The van der Waals surface area contributed by atoms with Crippen LogP contribution in [0.2, 0.25) is 0 Å². The third-order valence-corrected chi connectivity index (χ3v) is 8.62. The second kappa shape index (κ2) is 12.9. The molecule has 0 aromatic heterocycles. The molecule has 159 valence electrons. The average molecular weight is 421 g/mol. The lowest BCUT2D eigenvalue weighted by Gasteiger charge is -2.31. The Labute approximate surface area is 186 Å². The first kappa shape index (κ1) is 24.6. The second-order valence-corrected chi connectivity index (χ2v) is 10.1. The molecule has 30 heavy (non-hydrogen) atoms. The first-order valence-corrected chi connectivity index (χ1v) is 12.4. The third kappa shape index (κ3) is 6.19. The molecular formula is C25H35BN2OP. The highest BCUT2D eigenvalue weighted by atomic mass is 31.1. The molecule has 0 spiro atoms. The van der Waals surface area contributed by atoms with Crippen LogP contribution in [0.15, 0.2) is 65.8 Å². The van der Waals surface area contributed by atoms with Crippen LogP contribution < -0.4 is 10.6 Å². The quantitative estimate of drug-likeness (QED) is 0.313. The Bertz CT molecular complexity index is 717. The first-order valence-electron chi connectivity index (χ1n) is 11.0. The van der Waals surface area contributed by atoms with E-state index in [1.54, 1.807) is 7.11 Å². The summed E-state index contributed by atoms with van der Waals surface area (Å²) in [6, 6.07) is 22.5. The summed E-state index contributed by atoms with van der Waals surface area (Å²) in [7, 11) is 1.30. The van der Waals surface area contributed by atoms with Gasteiger partial charge >= 0.3 is 0 Å². The topological polar surface area (TPSA) is 24.8 Å². The van der Waals surface area contributed by atoms with E-state index in [9.17, 15) is 0 Å². The predicted molar refractivity (Wildman–Crippen MR) is 133 cm³/mol. The van der Waals surface area contributed by atoms with E-state index >= 15 is 0 Å². The minimum atomic E-state index is -0.496. The van der Waals surface area contributed by atoms with E-state index in [1.165, 1.54) is 29.2 Å². The number of hydrogen-bond acceptors (Lipinski definition) is 3. The summed E-state index contributed by atoms with van der Waals surface area (Å²) < 4.78 is 5.46. The number of benzene rings is 2. The highest BCUT2D eigenvalue weighted by Gasteiger charge is 2.30. The van der Waals surface area contributed by atoms with Crippen LogP contribution in [-0.2, 0) is 4.74 Å². The molecule has 3 nitrogen and oxygen atoms in total. The number of hydrazone groups is 1. The van der Waals surface area contributed by atoms with Gasteiger partial charge in [-0.05, 0) is 44.2 Å². The van der Waals surface area contributed by atoms with Crippen molar-refractivity contribution in [2.45, 2.75) is 57.7 Å². The van der Waals surface area contributed by atoms with Crippen molar-refractivity contribution >= 4 is 32.7 Å².